The molecule has 1 amide bonds. The molecule has 0 unspecified atom stereocenters. The first-order chi connectivity index (χ1) is 10.7. The third-order valence-electron chi connectivity index (χ3n) is 3.97. The first-order valence-electron chi connectivity index (χ1n) is 7.82. The highest BCUT2D eigenvalue weighted by Gasteiger charge is 2.11. The van der Waals surface area contributed by atoms with E-state index in [1.54, 1.807) is 0 Å². The number of fused-ring (bicyclic) bond motifs is 1. The second-order valence-corrected chi connectivity index (χ2v) is 5.80. The normalized spacial score (nSPS) is 12.8. The Morgan fingerprint density at radius 1 is 1.14 bits per heavy atom. The number of nitrogens with one attached hydrogen (secondary N) is 1. The summed E-state index contributed by atoms with van der Waals surface area (Å²) in [6.45, 7) is 2.41. The lowest BCUT2D eigenvalue weighted by molar-refractivity contribution is -0.116. The number of hydrogen-bond donors (Lipinski definition) is 1. The van der Waals surface area contributed by atoms with Crippen LogP contribution in [0.5, 0.6) is 5.75 Å². The van der Waals surface area contributed by atoms with Crippen LogP contribution in [0, 0.1) is 6.92 Å². The highest BCUT2D eigenvalue weighted by atomic mass is 16.5. The quantitative estimate of drug-likeness (QED) is 0.908. The van der Waals surface area contributed by atoms with Gasteiger partial charge < -0.3 is 10.1 Å². The van der Waals surface area contributed by atoms with Gasteiger partial charge in [-0.2, -0.15) is 0 Å². The molecule has 3 nitrogen and oxygen atoms in total. The molecule has 0 aliphatic heterocycles. The molecule has 0 heterocycles. The summed E-state index contributed by atoms with van der Waals surface area (Å²) in [5.41, 5.74) is 4.83. The Bertz CT molecular complexity index is 679. The van der Waals surface area contributed by atoms with Crippen LogP contribution in [0.25, 0.3) is 0 Å². The summed E-state index contributed by atoms with van der Waals surface area (Å²) in [6.07, 6.45) is 3.85. The fourth-order valence-electron chi connectivity index (χ4n) is 2.84. The molecule has 0 spiro atoms. The van der Waals surface area contributed by atoms with Gasteiger partial charge in [-0.15, -0.1) is 0 Å². The zero-order chi connectivity index (χ0) is 15.4. The van der Waals surface area contributed by atoms with Crippen molar-refractivity contribution in [3.05, 3.63) is 59.2 Å². The molecule has 0 radical (unpaired) electrons. The number of rotatable bonds is 5. The standard InChI is InChI=1S/C19H21NO2/c1-14-4-2-7-18(12-14)22-11-10-19(21)20-17-9-8-15-5-3-6-16(15)13-17/h2,4,7-9,12-13H,3,5-6,10-11H2,1H3,(H,20,21). The number of aryl methyl sites for hydroxylation is 3. The molecule has 22 heavy (non-hydrogen) atoms. The van der Waals surface area contributed by atoms with Crippen LogP contribution >= 0.6 is 0 Å². The minimum absolute atomic E-state index is 0.00870. The third kappa shape index (κ3) is 3.67. The van der Waals surface area contributed by atoms with Gasteiger partial charge >= 0.3 is 0 Å². The Labute approximate surface area is 131 Å². The average Bonchev–Trinajstić information content (AvgIpc) is 2.95. The van der Waals surface area contributed by atoms with Gasteiger partial charge in [0.2, 0.25) is 5.91 Å². The van der Waals surface area contributed by atoms with Crippen LogP contribution in [0.1, 0.15) is 29.5 Å². The Morgan fingerprint density at radius 3 is 2.86 bits per heavy atom. The summed E-state index contributed by atoms with van der Waals surface area (Å²) in [4.78, 5) is 12.0. The maximum absolute atomic E-state index is 12.0. The zero-order valence-corrected chi connectivity index (χ0v) is 12.9. The van der Waals surface area contributed by atoms with Crippen molar-refractivity contribution < 1.29 is 9.53 Å². The van der Waals surface area contributed by atoms with Gasteiger partial charge in [0.05, 0.1) is 13.0 Å². The van der Waals surface area contributed by atoms with Gasteiger partial charge in [-0.25, -0.2) is 0 Å². The zero-order valence-electron chi connectivity index (χ0n) is 12.9. The lowest BCUT2D eigenvalue weighted by Crippen LogP contribution is -2.15. The van der Waals surface area contributed by atoms with E-state index in [-0.39, 0.29) is 5.91 Å². The number of hydrogen-bond acceptors (Lipinski definition) is 2. The van der Waals surface area contributed by atoms with Crippen molar-refractivity contribution in [2.24, 2.45) is 0 Å². The van der Waals surface area contributed by atoms with Gasteiger partial charge in [-0.3, -0.25) is 4.79 Å². The number of carbonyl (C=O) groups is 1. The van der Waals surface area contributed by atoms with E-state index in [4.69, 9.17) is 4.74 Å². The van der Waals surface area contributed by atoms with Crippen molar-refractivity contribution in [2.45, 2.75) is 32.6 Å². The summed E-state index contributed by atoms with van der Waals surface area (Å²) in [5.74, 6) is 0.802. The summed E-state index contributed by atoms with van der Waals surface area (Å²) < 4.78 is 5.61. The maximum Gasteiger partial charge on any atom is 0.227 e. The smallest absolute Gasteiger partial charge is 0.227 e. The molecule has 0 bridgehead atoms. The fraction of sp³-hybridized carbons (Fsp3) is 0.316. The van der Waals surface area contributed by atoms with Crippen LogP contribution < -0.4 is 10.1 Å². The molecular formula is C19H21NO2. The monoisotopic (exact) mass is 295 g/mol. The van der Waals surface area contributed by atoms with E-state index in [0.717, 1.165) is 29.8 Å². The van der Waals surface area contributed by atoms with Crippen LogP contribution in [-0.4, -0.2) is 12.5 Å². The summed E-state index contributed by atoms with van der Waals surface area (Å²) in [5, 5.41) is 2.95. The van der Waals surface area contributed by atoms with E-state index in [0.29, 0.717) is 13.0 Å². The number of amides is 1. The predicted octanol–water partition coefficient (Wildman–Crippen LogP) is 3.89. The molecule has 3 heteroatoms. The number of anilines is 1. The Kier molecular flexibility index (Phi) is 4.42. The summed E-state index contributed by atoms with van der Waals surface area (Å²) in [6, 6.07) is 14.1. The van der Waals surface area contributed by atoms with E-state index in [1.807, 2.05) is 37.3 Å². The molecule has 2 aromatic rings. The second-order valence-electron chi connectivity index (χ2n) is 5.80. The number of carbonyl (C=O) groups excluding carboxylic acids is 1. The number of benzene rings is 2. The summed E-state index contributed by atoms with van der Waals surface area (Å²) >= 11 is 0. The van der Waals surface area contributed by atoms with Crippen LogP contribution in [0.4, 0.5) is 5.69 Å². The minimum Gasteiger partial charge on any atom is -0.493 e. The lowest BCUT2D eigenvalue weighted by atomic mass is 10.1. The van der Waals surface area contributed by atoms with Crippen LogP contribution in [-0.2, 0) is 17.6 Å². The second kappa shape index (κ2) is 6.65. The van der Waals surface area contributed by atoms with Crippen LogP contribution in [0.15, 0.2) is 42.5 Å². The van der Waals surface area contributed by atoms with Gasteiger partial charge in [-0.1, -0.05) is 18.2 Å². The van der Waals surface area contributed by atoms with Crippen molar-refractivity contribution >= 4 is 11.6 Å². The fourth-order valence-corrected chi connectivity index (χ4v) is 2.84. The van der Waals surface area contributed by atoms with Gasteiger partial charge in [-0.05, 0) is 67.1 Å². The van der Waals surface area contributed by atoms with Crippen LogP contribution in [0.2, 0.25) is 0 Å². The Balaban J connectivity index is 1.48. The maximum atomic E-state index is 12.0. The van der Waals surface area contributed by atoms with Gasteiger partial charge in [0.1, 0.15) is 5.75 Å². The highest BCUT2D eigenvalue weighted by Crippen LogP contribution is 2.24. The molecular weight excluding hydrogens is 274 g/mol. The SMILES string of the molecule is Cc1cccc(OCCC(=O)Nc2ccc3c(c2)CCC3)c1. The van der Waals surface area contributed by atoms with E-state index in [2.05, 4.69) is 17.4 Å². The van der Waals surface area contributed by atoms with Crippen molar-refractivity contribution in [3.8, 4) is 5.75 Å². The van der Waals surface area contributed by atoms with E-state index in [1.165, 1.54) is 17.5 Å². The van der Waals surface area contributed by atoms with Crippen molar-refractivity contribution in [1.82, 2.24) is 0 Å². The molecule has 0 saturated heterocycles. The van der Waals surface area contributed by atoms with Crippen molar-refractivity contribution in [2.75, 3.05) is 11.9 Å². The topological polar surface area (TPSA) is 38.3 Å². The molecule has 3 rings (SSSR count). The number of ether oxygens (including phenoxy) is 1. The molecule has 1 N–H and O–H groups in total. The van der Waals surface area contributed by atoms with E-state index in [9.17, 15) is 4.79 Å². The third-order valence-corrected chi connectivity index (χ3v) is 3.97. The molecule has 2 aromatic carbocycles. The lowest BCUT2D eigenvalue weighted by Gasteiger charge is -2.09. The first kappa shape index (κ1) is 14.6. The molecule has 114 valence electrons. The molecule has 1 aliphatic rings. The predicted molar refractivity (Wildman–Crippen MR) is 88.4 cm³/mol. The molecule has 0 atom stereocenters. The van der Waals surface area contributed by atoms with E-state index >= 15 is 0 Å². The van der Waals surface area contributed by atoms with Crippen molar-refractivity contribution in [1.29, 1.82) is 0 Å². The molecule has 0 fully saturated rings. The molecule has 1 aliphatic carbocycles. The molecule has 0 aromatic heterocycles. The van der Waals surface area contributed by atoms with Crippen molar-refractivity contribution in [3.63, 3.8) is 0 Å². The van der Waals surface area contributed by atoms with Gasteiger partial charge in [0.25, 0.3) is 0 Å². The largest absolute Gasteiger partial charge is 0.493 e. The highest BCUT2D eigenvalue weighted by molar-refractivity contribution is 5.90. The van der Waals surface area contributed by atoms with Gasteiger partial charge in [0, 0.05) is 5.69 Å². The summed E-state index contributed by atoms with van der Waals surface area (Å²) in [7, 11) is 0. The van der Waals surface area contributed by atoms with Gasteiger partial charge in [0.15, 0.2) is 0 Å². The minimum atomic E-state index is -0.00870. The first-order valence-corrected chi connectivity index (χ1v) is 7.82. The average molecular weight is 295 g/mol. The Morgan fingerprint density at radius 2 is 2.00 bits per heavy atom. The van der Waals surface area contributed by atoms with E-state index < -0.39 is 0 Å². The molecule has 0 saturated carbocycles. The Hall–Kier alpha value is -2.29. The van der Waals surface area contributed by atoms with Crippen LogP contribution in [0.3, 0.4) is 0 Å².